The molecule has 2 heterocycles. The molecule has 1 aromatic carbocycles. The van der Waals surface area contributed by atoms with Crippen molar-refractivity contribution in [3.05, 3.63) is 57.3 Å². The van der Waals surface area contributed by atoms with E-state index in [9.17, 15) is 9.59 Å². The standard InChI is InChI=1S/C20H22N2O5/c1-5-25-20(24)16-14(4)27-18-17(16)19(23)22(11-21-18)6-7-26-15-9-12(2)8-13(3)10-15/h8-11H,5-7H2,1-4H3. The van der Waals surface area contributed by atoms with Crippen molar-refractivity contribution in [3.63, 3.8) is 0 Å². The van der Waals surface area contributed by atoms with Crippen molar-refractivity contribution in [1.82, 2.24) is 9.55 Å². The smallest absolute Gasteiger partial charge is 0.342 e. The number of carbonyl (C=O) groups excluding carboxylic acids is 1. The van der Waals surface area contributed by atoms with Gasteiger partial charge in [0, 0.05) is 0 Å². The van der Waals surface area contributed by atoms with Crippen molar-refractivity contribution < 1.29 is 18.7 Å². The van der Waals surface area contributed by atoms with E-state index in [4.69, 9.17) is 13.9 Å². The number of carbonyl (C=O) groups is 1. The minimum atomic E-state index is -0.586. The van der Waals surface area contributed by atoms with Crippen LogP contribution in [0, 0.1) is 20.8 Å². The summed E-state index contributed by atoms with van der Waals surface area (Å²) in [4.78, 5) is 29.2. The zero-order valence-corrected chi connectivity index (χ0v) is 15.9. The highest BCUT2D eigenvalue weighted by atomic mass is 16.5. The van der Waals surface area contributed by atoms with E-state index in [0.717, 1.165) is 16.9 Å². The van der Waals surface area contributed by atoms with Crippen molar-refractivity contribution in [1.29, 1.82) is 0 Å². The fourth-order valence-electron chi connectivity index (χ4n) is 3.02. The highest BCUT2D eigenvalue weighted by molar-refractivity contribution is 6.03. The van der Waals surface area contributed by atoms with Crippen LogP contribution >= 0.6 is 0 Å². The molecule has 3 rings (SSSR count). The van der Waals surface area contributed by atoms with E-state index in [1.165, 1.54) is 10.9 Å². The van der Waals surface area contributed by atoms with Gasteiger partial charge in [0.1, 0.15) is 35.4 Å². The summed E-state index contributed by atoms with van der Waals surface area (Å²) in [7, 11) is 0. The van der Waals surface area contributed by atoms with Crippen LogP contribution in [-0.4, -0.2) is 28.7 Å². The number of hydrogen-bond acceptors (Lipinski definition) is 6. The summed E-state index contributed by atoms with van der Waals surface area (Å²) in [5.41, 5.74) is 2.13. The van der Waals surface area contributed by atoms with Crippen LogP contribution in [0.5, 0.6) is 5.75 Å². The Bertz CT molecular complexity index is 1030. The second-order valence-electron chi connectivity index (χ2n) is 6.35. The maximum Gasteiger partial charge on any atom is 0.342 e. The average molecular weight is 370 g/mol. The topological polar surface area (TPSA) is 83.6 Å². The van der Waals surface area contributed by atoms with Gasteiger partial charge < -0.3 is 13.9 Å². The molecule has 7 heteroatoms. The maximum absolute atomic E-state index is 12.8. The van der Waals surface area contributed by atoms with Crippen LogP contribution in [0.3, 0.4) is 0 Å². The van der Waals surface area contributed by atoms with Crippen LogP contribution in [0.25, 0.3) is 11.1 Å². The quantitative estimate of drug-likeness (QED) is 0.620. The van der Waals surface area contributed by atoms with E-state index in [0.29, 0.717) is 18.9 Å². The van der Waals surface area contributed by atoms with E-state index >= 15 is 0 Å². The molecule has 0 fully saturated rings. The molecule has 27 heavy (non-hydrogen) atoms. The Morgan fingerprint density at radius 3 is 2.56 bits per heavy atom. The average Bonchev–Trinajstić information content (AvgIpc) is 2.93. The number of furan rings is 1. The first-order valence-electron chi connectivity index (χ1n) is 8.77. The number of aryl methyl sites for hydroxylation is 3. The molecule has 0 atom stereocenters. The molecule has 0 aliphatic heterocycles. The van der Waals surface area contributed by atoms with Crippen LogP contribution < -0.4 is 10.3 Å². The Hall–Kier alpha value is -3.09. The first-order chi connectivity index (χ1) is 12.9. The van der Waals surface area contributed by atoms with Gasteiger partial charge in [-0.3, -0.25) is 9.36 Å². The summed E-state index contributed by atoms with van der Waals surface area (Å²) in [6, 6.07) is 5.94. The molecule has 3 aromatic rings. The molecule has 0 aliphatic carbocycles. The SMILES string of the molecule is CCOC(=O)c1c(C)oc2ncn(CCOc3cc(C)cc(C)c3)c(=O)c12. The molecule has 0 spiro atoms. The van der Waals surface area contributed by atoms with Gasteiger partial charge in [0.15, 0.2) is 0 Å². The van der Waals surface area contributed by atoms with Crippen molar-refractivity contribution in [3.8, 4) is 5.75 Å². The van der Waals surface area contributed by atoms with Crippen molar-refractivity contribution in [2.24, 2.45) is 0 Å². The van der Waals surface area contributed by atoms with E-state index in [2.05, 4.69) is 11.1 Å². The Labute approximate surface area is 156 Å². The van der Waals surface area contributed by atoms with Crippen LogP contribution in [0.15, 0.2) is 33.7 Å². The van der Waals surface area contributed by atoms with Gasteiger partial charge in [-0.2, -0.15) is 0 Å². The predicted molar refractivity (Wildman–Crippen MR) is 100 cm³/mol. The highest BCUT2D eigenvalue weighted by Crippen LogP contribution is 2.22. The van der Waals surface area contributed by atoms with Crippen LogP contribution in [-0.2, 0) is 11.3 Å². The van der Waals surface area contributed by atoms with E-state index in [1.807, 2.05) is 26.0 Å². The normalized spacial score (nSPS) is 11.0. The lowest BCUT2D eigenvalue weighted by atomic mass is 10.1. The third-order valence-electron chi connectivity index (χ3n) is 4.13. The summed E-state index contributed by atoms with van der Waals surface area (Å²) in [6.07, 6.45) is 1.40. The Balaban J connectivity index is 1.85. The van der Waals surface area contributed by atoms with Gasteiger partial charge in [0.2, 0.25) is 5.71 Å². The molecule has 7 nitrogen and oxygen atoms in total. The highest BCUT2D eigenvalue weighted by Gasteiger charge is 2.23. The molecule has 142 valence electrons. The lowest BCUT2D eigenvalue weighted by Crippen LogP contribution is -2.24. The summed E-state index contributed by atoms with van der Waals surface area (Å²) < 4.78 is 17.6. The summed E-state index contributed by atoms with van der Waals surface area (Å²) >= 11 is 0. The molecule has 0 bridgehead atoms. The van der Waals surface area contributed by atoms with Crippen molar-refractivity contribution >= 4 is 17.1 Å². The fourth-order valence-corrected chi connectivity index (χ4v) is 3.02. The van der Waals surface area contributed by atoms with Crippen molar-refractivity contribution in [2.45, 2.75) is 34.2 Å². The van der Waals surface area contributed by atoms with E-state index in [1.54, 1.807) is 13.8 Å². The number of nitrogens with zero attached hydrogens (tertiary/aromatic N) is 2. The van der Waals surface area contributed by atoms with Crippen LogP contribution in [0.1, 0.15) is 34.2 Å². The molecular weight excluding hydrogens is 348 g/mol. The first-order valence-corrected chi connectivity index (χ1v) is 8.77. The van der Waals surface area contributed by atoms with Gasteiger partial charge in [-0.1, -0.05) is 6.07 Å². The number of esters is 1. The van der Waals surface area contributed by atoms with E-state index < -0.39 is 5.97 Å². The number of aromatic nitrogens is 2. The van der Waals surface area contributed by atoms with Gasteiger partial charge in [-0.15, -0.1) is 0 Å². The van der Waals surface area contributed by atoms with Gasteiger partial charge in [-0.25, -0.2) is 9.78 Å². The van der Waals surface area contributed by atoms with Crippen LogP contribution in [0.4, 0.5) is 0 Å². The lowest BCUT2D eigenvalue weighted by Gasteiger charge is -2.09. The van der Waals surface area contributed by atoms with Gasteiger partial charge in [0.05, 0.1) is 13.2 Å². The minimum absolute atomic E-state index is 0.132. The van der Waals surface area contributed by atoms with Gasteiger partial charge in [-0.05, 0) is 51.0 Å². The Morgan fingerprint density at radius 2 is 1.89 bits per heavy atom. The zero-order valence-electron chi connectivity index (χ0n) is 15.9. The molecule has 0 unspecified atom stereocenters. The molecule has 0 amide bonds. The molecule has 0 aliphatic rings. The number of benzene rings is 1. The molecule has 0 radical (unpaired) electrons. The maximum atomic E-state index is 12.8. The summed E-state index contributed by atoms with van der Waals surface area (Å²) in [5.74, 6) is 0.482. The van der Waals surface area contributed by atoms with E-state index in [-0.39, 0.29) is 28.8 Å². The van der Waals surface area contributed by atoms with Gasteiger partial charge in [0.25, 0.3) is 5.56 Å². The van der Waals surface area contributed by atoms with Crippen LogP contribution in [0.2, 0.25) is 0 Å². The lowest BCUT2D eigenvalue weighted by molar-refractivity contribution is 0.0526. The largest absolute Gasteiger partial charge is 0.492 e. The Kier molecular flexibility index (Phi) is 5.30. The molecular formula is C20H22N2O5. The van der Waals surface area contributed by atoms with Gasteiger partial charge >= 0.3 is 5.97 Å². The molecule has 0 saturated carbocycles. The monoisotopic (exact) mass is 370 g/mol. The third-order valence-corrected chi connectivity index (χ3v) is 4.13. The molecule has 2 aromatic heterocycles. The number of rotatable bonds is 6. The number of ether oxygens (including phenoxy) is 2. The summed E-state index contributed by atoms with van der Waals surface area (Å²) in [6.45, 7) is 8.12. The zero-order chi connectivity index (χ0) is 19.6. The number of fused-ring (bicyclic) bond motifs is 1. The Morgan fingerprint density at radius 1 is 1.19 bits per heavy atom. The third kappa shape index (κ3) is 3.86. The predicted octanol–water partition coefficient (Wildman–Crippen LogP) is 3.17. The second-order valence-corrected chi connectivity index (χ2v) is 6.35. The minimum Gasteiger partial charge on any atom is -0.492 e. The summed E-state index contributed by atoms with van der Waals surface area (Å²) in [5, 5.41) is 0.139. The van der Waals surface area contributed by atoms with Crippen molar-refractivity contribution in [2.75, 3.05) is 13.2 Å². The first kappa shape index (κ1) is 18.7. The molecule has 0 N–H and O–H groups in total. The molecule has 0 saturated heterocycles. The second kappa shape index (κ2) is 7.65. The fraction of sp³-hybridized carbons (Fsp3) is 0.350. The number of hydrogen-bond donors (Lipinski definition) is 0.